The molecule has 7 nitrogen and oxygen atoms in total. The molecule has 0 bridgehead atoms. The molecule has 1 aromatic heterocycles. The normalized spacial score (nSPS) is 17.6. The summed E-state index contributed by atoms with van der Waals surface area (Å²) in [6.07, 6.45) is 3.72. The molecule has 1 fully saturated rings. The van der Waals surface area contributed by atoms with Gasteiger partial charge in [0.2, 0.25) is 5.95 Å². The molecule has 0 saturated carbocycles. The summed E-state index contributed by atoms with van der Waals surface area (Å²) < 4.78 is 0. The molecule has 0 spiro atoms. The first kappa shape index (κ1) is 17.1. The van der Waals surface area contributed by atoms with Gasteiger partial charge in [-0.05, 0) is 51.2 Å². The van der Waals surface area contributed by atoms with Crippen molar-refractivity contribution in [1.29, 1.82) is 0 Å². The fourth-order valence-corrected chi connectivity index (χ4v) is 3.57. The molecule has 0 atom stereocenters. The van der Waals surface area contributed by atoms with Crippen molar-refractivity contribution in [2.24, 2.45) is 0 Å². The van der Waals surface area contributed by atoms with Gasteiger partial charge in [0, 0.05) is 24.3 Å². The molecule has 0 unspecified atom stereocenters. The van der Waals surface area contributed by atoms with Crippen LogP contribution in [0.3, 0.4) is 0 Å². The first-order valence-electron chi connectivity index (χ1n) is 8.67. The van der Waals surface area contributed by atoms with E-state index in [1.807, 2.05) is 7.05 Å². The predicted octanol–water partition coefficient (Wildman–Crippen LogP) is 2.97. The van der Waals surface area contributed by atoms with Crippen LogP contribution >= 0.6 is 11.6 Å². The summed E-state index contributed by atoms with van der Waals surface area (Å²) in [6, 6.07) is 5.68. The van der Waals surface area contributed by atoms with E-state index in [1.54, 1.807) is 24.4 Å². The number of benzene rings is 1. The Labute approximate surface area is 157 Å². The van der Waals surface area contributed by atoms with Gasteiger partial charge in [-0.1, -0.05) is 11.6 Å². The number of carbonyl (C=O) groups is 1. The number of piperidine rings is 1. The molecule has 4 rings (SSSR count). The van der Waals surface area contributed by atoms with Crippen LogP contribution in [0.2, 0.25) is 5.02 Å². The quantitative estimate of drug-likeness (QED) is 0.844. The minimum atomic E-state index is -0.234. The summed E-state index contributed by atoms with van der Waals surface area (Å²) >= 11 is 6.09. The average molecular weight is 373 g/mol. The van der Waals surface area contributed by atoms with E-state index < -0.39 is 0 Å². The Bertz CT molecular complexity index is 850. The van der Waals surface area contributed by atoms with Gasteiger partial charge in [-0.2, -0.15) is 4.98 Å². The number of nitrogens with one attached hydrogen (secondary N) is 2. The Morgan fingerprint density at radius 2 is 2.00 bits per heavy atom. The van der Waals surface area contributed by atoms with Gasteiger partial charge in [0.1, 0.15) is 11.4 Å². The highest BCUT2D eigenvalue weighted by Crippen LogP contribution is 2.33. The van der Waals surface area contributed by atoms with Crippen LogP contribution in [-0.4, -0.2) is 54.0 Å². The lowest BCUT2D eigenvalue weighted by molar-refractivity contribution is 0.102. The van der Waals surface area contributed by atoms with E-state index in [-0.39, 0.29) is 5.91 Å². The zero-order valence-corrected chi connectivity index (χ0v) is 15.5. The standard InChI is InChI=1S/C18H21ClN6O/c1-24-7-5-12(6-8-24)25(2)18-20-10-13-16(23-18)21-15-9-11(19)3-4-14(15)22-17(13)26/h3-4,9-10,12H,5-8H2,1-2H3,(H,22,26)(H,20,21,23). The first-order chi connectivity index (χ1) is 12.5. The zero-order valence-electron chi connectivity index (χ0n) is 14.8. The van der Waals surface area contributed by atoms with E-state index in [1.165, 1.54) is 0 Å². The molecule has 1 amide bonds. The van der Waals surface area contributed by atoms with Crippen molar-refractivity contribution in [1.82, 2.24) is 14.9 Å². The molecule has 2 N–H and O–H groups in total. The van der Waals surface area contributed by atoms with Crippen molar-refractivity contribution in [2.45, 2.75) is 18.9 Å². The molecule has 0 radical (unpaired) electrons. The van der Waals surface area contributed by atoms with Crippen molar-refractivity contribution in [3.05, 3.63) is 35.0 Å². The third-order valence-corrected chi connectivity index (χ3v) is 5.29. The molecule has 26 heavy (non-hydrogen) atoms. The Balaban J connectivity index is 1.65. The first-order valence-corrected chi connectivity index (χ1v) is 9.05. The van der Waals surface area contributed by atoms with Gasteiger partial charge < -0.3 is 20.4 Å². The molecule has 2 aliphatic rings. The van der Waals surface area contributed by atoms with Crippen LogP contribution in [0.1, 0.15) is 23.2 Å². The topological polar surface area (TPSA) is 73.4 Å². The number of anilines is 4. The van der Waals surface area contributed by atoms with Crippen molar-refractivity contribution >= 4 is 40.6 Å². The number of hydrogen-bond acceptors (Lipinski definition) is 6. The smallest absolute Gasteiger partial charge is 0.261 e. The second-order valence-corrected chi connectivity index (χ2v) is 7.28. The number of nitrogens with zero attached hydrogens (tertiary/aromatic N) is 4. The summed E-state index contributed by atoms with van der Waals surface area (Å²) in [7, 11) is 4.15. The molecule has 0 aliphatic carbocycles. The molecule has 2 aromatic rings. The van der Waals surface area contributed by atoms with E-state index in [0.29, 0.717) is 34.1 Å². The van der Waals surface area contributed by atoms with Gasteiger partial charge in [0.15, 0.2) is 0 Å². The number of rotatable bonds is 2. The van der Waals surface area contributed by atoms with Gasteiger partial charge in [0.25, 0.3) is 5.91 Å². The largest absolute Gasteiger partial charge is 0.341 e. The number of aromatic nitrogens is 2. The fraction of sp³-hybridized carbons (Fsp3) is 0.389. The maximum absolute atomic E-state index is 12.5. The molecule has 136 valence electrons. The summed E-state index contributed by atoms with van der Waals surface area (Å²) in [5, 5.41) is 6.68. The Morgan fingerprint density at radius 1 is 1.23 bits per heavy atom. The summed E-state index contributed by atoms with van der Waals surface area (Å²) in [4.78, 5) is 26.0. The number of hydrogen-bond donors (Lipinski definition) is 2. The maximum atomic E-state index is 12.5. The zero-order chi connectivity index (χ0) is 18.3. The van der Waals surface area contributed by atoms with Crippen LogP contribution in [0.25, 0.3) is 0 Å². The summed E-state index contributed by atoms with van der Waals surface area (Å²) in [6.45, 7) is 2.12. The van der Waals surface area contributed by atoms with E-state index >= 15 is 0 Å². The minimum Gasteiger partial charge on any atom is -0.341 e. The van der Waals surface area contributed by atoms with E-state index in [0.717, 1.165) is 31.6 Å². The molecule has 2 aliphatic heterocycles. The Hall–Kier alpha value is -2.38. The second kappa shape index (κ2) is 6.74. The van der Waals surface area contributed by atoms with Crippen LogP contribution in [-0.2, 0) is 0 Å². The third-order valence-electron chi connectivity index (χ3n) is 5.05. The van der Waals surface area contributed by atoms with Gasteiger partial charge in [-0.15, -0.1) is 0 Å². The number of fused-ring (bicyclic) bond motifs is 2. The summed E-state index contributed by atoms with van der Waals surface area (Å²) in [5.41, 5.74) is 1.80. The average Bonchev–Trinajstić information content (AvgIpc) is 2.77. The van der Waals surface area contributed by atoms with Crippen LogP contribution in [0, 0.1) is 0 Å². The molecular formula is C18H21ClN6O. The lowest BCUT2D eigenvalue weighted by Gasteiger charge is -2.35. The second-order valence-electron chi connectivity index (χ2n) is 6.85. The Kier molecular flexibility index (Phi) is 4.42. The molecule has 3 heterocycles. The van der Waals surface area contributed by atoms with Crippen LogP contribution in [0.15, 0.2) is 24.4 Å². The Morgan fingerprint density at radius 3 is 2.77 bits per heavy atom. The molecular weight excluding hydrogens is 352 g/mol. The molecule has 1 saturated heterocycles. The number of carbonyl (C=O) groups excluding carboxylic acids is 1. The van der Waals surface area contributed by atoms with Crippen molar-refractivity contribution in [3.63, 3.8) is 0 Å². The van der Waals surface area contributed by atoms with E-state index in [4.69, 9.17) is 11.6 Å². The molecule has 8 heteroatoms. The van der Waals surface area contributed by atoms with Gasteiger partial charge in [-0.3, -0.25) is 4.79 Å². The highest BCUT2D eigenvalue weighted by Gasteiger charge is 2.25. The van der Waals surface area contributed by atoms with E-state index in [2.05, 4.69) is 37.4 Å². The van der Waals surface area contributed by atoms with Crippen LogP contribution in [0.4, 0.5) is 23.1 Å². The van der Waals surface area contributed by atoms with Gasteiger partial charge in [-0.25, -0.2) is 4.98 Å². The van der Waals surface area contributed by atoms with Gasteiger partial charge in [0.05, 0.1) is 11.4 Å². The van der Waals surface area contributed by atoms with Crippen molar-refractivity contribution in [3.8, 4) is 0 Å². The predicted molar refractivity (Wildman–Crippen MR) is 104 cm³/mol. The summed E-state index contributed by atoms with van der Waals surface area (Å²) in [5.74, 6) is 0.874. The minimum absolute atomic E-state index is 0.234. The SMILES string of the molecule is CN1CCC(N(C)c2ncc3c(n2)Nc2cc(Cl)ccc2NC3=O)CC1. The highest BCUT2D eigenvalue weighted by molar-refractivity contribution is 6.31. The number of amides is 1. The maximum Gasteiger partial charge on any atom is 0.261 e. The lowest BCUT2D eigenvalue weighted by atomic mass is 10.0. The lowest BCUT2D eigenvalue weighted by Crippen LogP contribution is -2.42. The number of likely N-dealkylation sites (tertiary alicyclic amines) is 1. The fourth-order valence-electron chi connectivity index (χ4n) is 3.40. The van der Waals surface area contributed by atoms with Crippen LogP contribution in [0.5, 0.6) is 0 Å². The van der Waals surface area contributed by atoms with Gasteiger partial charge >= 0.3 is 0 Å². The van der Waals surface area contributed by atoms with Crippen molar-refractivity contribution in [2.75, 3.05) is 42.7 Å². The monoisotopic (exact) mass is 372 g/mol. The van der Waals surface area contributed by atoms with Crippen molar-refractivity contribution < 1.29 is 4.79 Å². The molecule has 1 aromatic carbocycles. The van der Waals surface area contributed by atoms with E-state index in [9.17, 15) is 4.79 Å². The highest BCUT2D eigenvalue weighted by atomic mass is 35.5. The number of halogens is 1. The van der Waals surface area contributed by atoms with Crippen LogP contribution < -0.4 is 15.5 Å². The third kappa shape index (κ3) is 3.20.